The van der Waals surface area contributed by atoms with Gasteiger partial charge in [-0.2, -0.15) is 4.31 Å². The Balaban J connectivity index is 1.39. The Hall–Kier alpha value is -2.63. The number of piperidine rings is 1. The highest BCUT2D eigenvalue weighted by Crippen LogP contribution is 2.25. The first kappa shape index (κ1) is 21.6. The summed E-state index contributed by atoms with van der Waals surface area (Å²) in [5.74, 6) is 1.01. The average Bonchev–Trinajstić information content (AvgIpc) is 3.43. The van der Waals surface area contributed by atoms with Crippen molar-refractivity contribution < 1.29 is 17.6 Å². The molecule has 3 aromatic rings. The predicted molar refractivity (Wildman–Crippen MR) is 117 cm³/mol. The topological polar surface area (TPSA) is 110 Å². The molecule has 0 spiro atoms. The van der Waals surface area contributed by atoms with E-state index in [0.717, 1.165) is 19.3 Å². The molecule has 1 fully saturated rings. The molecule has 1 aliphatic heterocycles. The van der Waals surface area contributed by atoms with Crippen LogP contribution in [0.25, 0.3) is 11.6 Å². The normalized spacial score (nSPS) is 15.1. The number of thioether (sulfide) groups is 1. The number of furan rings is 1. The van der Waals surface area contributed by atoms with Gasteiger partial charge in [-0.3, -0.25) is 4.79 Å². The van der Waals surface area contributed by atoms with Crippen molar-refractivity contribution >= 4 is 33.4 Å². The molecule has 11 heteroatoms. The number of carbonyl (C=O) groups excluding carboxylic acids is 1. The zero-order valence-corrected chi connectivity index (χ0v) is 18.7. The van der Waals surface area contributed by atoms with Crippen molar-refractivity contribution in [2.75, 3.05) is 24.2 Å². The number of amides is 1. The minimum atomic E-state index is -3.55. The molecule has 1 amide bonds. The second-order valence-corrected chi connectivity index (χ2v) is 10.1. The number of nitrogens with one attached hydrogen (secondary N) is 1. The van der Waals surface area contributed by atoms with E-state index in [1.54, 1.807) is 48.2 Å². The van der Waals surface area contributed by atoms with Crippen molar-refractivity contribution in [3.8, 4) is 11.6 Å². The Labute approximate surface area is 184 Å². The summed E-state index contributed by atoms with van der Waals surface area (Å²) in [4.78, 5) is 12.6. The lowest BCUT2D eigenvalue weighted by molar-refractivity contribution is -0.113. The van der Waals surface area contributed by atoms with Gasteiger partial charge in [-0.1, -0.05) is 24.2 Å². The number of anilines is 1. The summed E-state index contributed by atoms with van der Waals surface area (Å²) in [6.07, 6.45) is 4.35. The summed E-state index contributed by atoms with van der Waals surface area (Å²) in [6, 6.07) is 9.93. The van der Waals surface area contributed by atoms with E-state index in [1.807, 2.05) is 0 Å². The first-order valence-electron chi connectivity index (χ1n) is 9.91. The number of sulfonamides is 1. The number of carbonyl (C=O) groups is 1. The van der Waals surface area contributed by atoms with Crippen molar-refractivity contribution in [3.63, 3.8) is 0 Å². The maximum atomic E-state index is 12.9. The van der Waals surface area contributed by atoms with Gasteiger partial charge in [0.2, 0.25) is 15.9 Å². The van der Waals surface area contributed by atoms with Gasteiger partial charge >= 0.3 is 0 Å². The number of aromatic nitrogens is 3. The molecule has 3 heterocycles. The van der Waals surface area contributed by atoms with Crippen LogP contribution in [0.4, 0.5) is 5.69 Å². The number of benzene rings is 1. The molecule has 0 unspecified atom stereocenters. The van der Waals surface area contributed by atoms with E-state index in [2.05, 4.69) is 15.5 Å². The fourth-order valence-electron chi connectivity index (χ4n) is 3.38. The van der Waals surface area contributed by atoms with Crippen molar-refractivity contribution in [2.45, 2.75) is 29.3 Å². The van der Waals surface area contributed by atoms with Crippen molar-refractivity contribution in [3.05, 3.63) is 42.7 Å². The predicted octanol–water partition coefficient (Wildman–Crippen LogP) is 2.98. The van der Waals surface area contributed by atoms with Crippen LogP contribution in [0.15, 0.2) is 57.1 Å². The maximum absolute atomic E-state index is 12.9. The molecule has 164 valence electrons. The Bertz CT molecular complexity index is 1150. The Morgan fingerprint density at radius 3 is 2.71 bits per heavy atom. The average molecular weight is 462 g/mol. The van der Waals surface area contributed by atoms with Crippen LogP contribution in [0.1, 0.15) is 19.3 Å². The van der Waals surface area contributed by atoms with Crippen molar-refractivity contribution in [2.24, 2.45) is 7.05 Å². The molecule has 1 aliphatic rings. The molecular weight excluding hydrogens is 438 g/mol. The van der Waals surface area contributed by atoms with Gasteiger partial charge in [0.15, 0.2) is 16.7 Å². The van der Waals surface area contributed by atoms with Crippen LogP contribution in [0.2, 0.25) is 0 Å². The molecule has 4 rings (SSSR count). The number of nitrogens with zero attached hydrogens (tertiary/aromatic N) is 4. The van der Waals surface area contributed by atoms with E-state index in [4.69, 9.17) is 4.42 Å². The summed E-state index contributed by atoms with van der Waals surface area (Å²) in [5, 5.41) is 11.5. The van der Waals surface area contributed by atoms with E-state index >= 15 is 0 Å². The van der Waals surface area contributed by atoms with E-state index in [9.17, 15) is 13.2 Å². The Kier molecular flexibility index (Phi) is 6.44. The molecule has 0 saturated carbocycles. The molecule has 9 nitrogen and oxygen atoms in total. The van der Waals surface area contributed by atoms with E-state index in [0.29, 0.717) is 35.5 Å². The number of hydrogen-bond donors (Lipinski definition) is 1. The first-order chi connectivity index (χ1) is 14.9. The summed E-state index contributed by atoms with van der Waals surface area (Å²) >= 11 is 1.23. The van der Waals surface area contributed by atoms with Gasteiger partial charge < -0.3 is 14.3 Å². The molecule has 31 heavy (non-hydrogen) atoms. The molecule has 0 aliphatic carbocycles. The molecule has 1 N–H and O–H groups in total. The van der Waals surface area contributed by atoms with Gasteiger partial charge in [0, 0.05) is 25.8 Å². The van der Waals surface area contributed by atoms with E-state index < -0.39 is 10.0 Å². The third kappa shape index (κ3) is 4.83. The lowest BCUT2D eigenvalue weighted by atomic mass is 10.2. The van der Waals surface area contributed by atoms with Gasteiger partial charge in [-0.25, -0.2) is 8.42 Å². The second-order valence-electron chi connectivity index (χ2n) is 7.17. The van der Waals surface area contributed by atoms with Crippen molar-refractivity contribution in [1.29, 1.82) is 0 Å². The van der Waals surface area contributed by atoms with Gasteiger partial charge in [-0.15, -0.1) is 10.2 Å². The van der Waals surface area contributed by atoms with Crippen LogP contribution in [-0.2, 0) is 21.9 Å². The number of rotatable bonds is 7. The Morgan fingerprint density at radius 2 is 1.97 bits per heavy atom. The lowest BCUT2D eigenvalue weighted by Gasteiger charge is -2.26. The van der Waals surface area contributed by atoms with Crippen LogP contribution < -0.4 is 5.32 Å². The highest BCUT2D eigenvalue weighted by molar-refractivity contribution is 7.99. The zero-order valence-electron chi connectivity index (χ0n) is 17.0. The van der Waals surface area contributed by atoms with Gasteiger partial charge in [0.1, 0.15) is 0 Å². The van der Waals surface area contributed by atoms with Crippen LogP contribution in [-0.4, -0.2) is 52.2 Å². The van der Waals surface area contributed by atoms with Crippen LogP contribution in [0, 0.1) is 0 Å². The minimum Gasteiger partial charge on any atom is -0.461 e. The molecule has 0 radical (unpaired) electrons. The van der Waals surface area contributed by atoms with Crippen molar-refractivity contribution in [1.82, 2.24) is 19.1 Å². The third-order valence-corrected chi connectivity index (χ3v) is 7.89. The monoisotopic (exact) mass is 461 g/mol. The summed E-state index contributed by atoms with van der Waals surface area (Å²) in [7, 11) is -1.76. The van der Waals surface area contributed by atoms with Gasteiger partial charge in [-0.05, 0) is 43.2 Å². The van der Waals surface area contributed by atoms with E-state index in [-0.39, 0.29) is 16.6 Å². The first-order valence-corrected chi connectivity index (χ1v) is 12.3. The molecule has 1 aromatic carbocycles. The van der Waals surface area contributed by atoms with Crippen LogP contribution in [0.5, 0.6) is 0 Å². The fourth-order valence-corrected chi connectivity index (χ4v) is 5.65. The summed E-state index contributed by atoms with van der Waals surface area (Å²) in [5.41, 5.74) is 0.443. The SMILES string of the molecule is Cn1c(SCC(=O)Nc2cccc(S(=O)(=O)N3CCCCC3)c2)nnc1-c1ccco1. The minimum absolute atomic E-state index is 0.104. The highest BCUT2D eigenvalue weighted by Gasteiger charge is 2.26. The second kappa shape index (κ2) is 9.25. The van der Waals surface area contributed by atoms with Crippen LogP contribution in [0.3, 0.4) is 0 Å². The molecule has 0 atom stereocenters. The standard InChI is InChI=1S/C20H23N5O4S2/c1-24-19(17-9-6-12-29-17)22-23-20(24)30-14-18(26)21-15-7-5-8-16(13-15)31(27,28)25-10-3-2-4-11-25/h5-9,12-13H,2-4,10-11,14H2,1H3,(H,21,26). The smallest absolute Gasteiger partial charge is 0.243 e. The van der Waals surface area contributed by atoms with E-state index in [1.165, 1.54) is 22.1 Å². The molecule has 1 saturated heterocycles. The van der Waals surface area contributed by atoms with Crippen LogP contribution >= 0.6 is 11.8 Å². The largest absolute Gasteiger partial charge is 0.461 e. The Morgan fingerprint density at radius 1 is 1.16 bits per heavy atom. The molecule has 0 bridgehead atoms. The maximum Gasteiger partial charge on any atom is 0.243 e. The van der Waals surface area contributed by atoms with Gasteiger partial charge in [0.05, 0.1) is 16.9 Å². The highest BCUT2D eigenvalue weighted by atomic mass is 32.2. The fraction of sp³-hybridized carbons (Fsp3) is 0.350. The zero-order chi connectivity index (χ0) is 21.8. The molecule has 2 aromatic heterocycles. The lowest BCUT2D eigenvalue weighted by Crippen LogP contribution is -2.35. The molecular formula is C20H23N5O4S2. The quantitative estimate of drug-likeness (QED) is 0.539. The summed E-state index contributed by atoms with van der Waals surface area (Å²) < 4.78 is 34.3. The number of hydrogen-bond acceptors (Lipinski definition) is 7. The third-order valence-electron chi connectivity index (χ3n) is 4.98. The van der Waals surface area contributed by atoms with Gasteiger partial charge in [0.25, 0.3) is 0 Å². The summed E-state index contributed by atoms with van der Waals surface area (Å²) in [6.45, 7) is 1.07.